The van der Waals surface area contributed by atoms with Crippen molar-refractivity contribution in [2.45, 2.75) is 33.3 Å². The molecule has 1 aromatic rings. The van der Waals surface area contributed by atoms with Gasteiger partial charge in [0.05, 0.1) is 13.2 Å². The Labute approximate surface area is 164 Å². The third-order valence-corrected chi connectivity index (χ3v) is 2.87. The van der Waals surface area contributed by atoms with Gasteiger partial charge in [0.25, 0.3) is 0 Å². The van der Waals surface area contributed by atoms with Crippen LogP contribution in [0.1, 0.15) is 38.1 Å². The highest BCUT2D eigenvalue weighted by atomic mass is 35.5. The fourth-order valence-electron chi connectivity index (χ4n) is 1.88. The number of esters is 2. The quantitative estimate of drug-likeness (QED) is 0.491. The summed E-state index contributed by atoms with van der Waals surface area (Å²) >= 11 is 0. The molecule has 9 heteroatoms. The van der Waals surface area contributed by atoms with Crippen molar-refractivity contribution in [3.63, 3.8) is 0 Å². The predicted octanol–water partition coefficient (Wildman–Crippen LogP) is 1.91. The van der Waals surface area contributed by atoms with Crippen molar-refractivity contribution in [1.82, 2.24) is 0 Å². The summed E-state index contributed by atoms with van der Waals surface area (Å²) in [5, 5.41) is 0. The Morgan fingerprint density at radius 1 is 1.00 bits per heavy atom. The lowest BCUT2D eigenvalue weighted by molar-refractivity contribution is -0.157. The highest BCUT2D eigenvalue weighted by molar-refractivity contribution is 5.98. The van der Waals surface area contributed by atoms with Gasteiger partial charge in [-0.15, -0.1) is 12.4 Å². The van der Waals surface area contributed by atoms with Gasteiger partial charge in [-0.05, 0) is 45.9 Å². The molecule has 0 aromatic heterocycles. The molecule has 0 aliphatic rings. The Kier molecular flexibility index (Phi) is 10.4. The van der Waals surface area contributed by atoms with E-state index in [9.17, 15) is 14.4 Å². The summed E-state index contributed by atoms with van der Waals surface area (Å²) in [6.45, 7) is 6.23. The molecule has 1 rings (SSSR count). The molecule has 0 aliphatic carbocycles. The zero-order chi connectivity index (χ0) is 19.7. The van der Waals surface area contributed by atoms with E-state index in [1.807, 2.05) is 0 Å². The number of benzene rings is 1. The van der Waals surface area contributed by atoms with Gasteiger partial charge in [-0.2, -0.15) is 0 Å². The molecule has 0 saturated heterocycles. The second-order valence-electron chi connectivity index (χ2n) is 6.26. The third kappa shape index (κ3) is 9.25. The first-order chi connectivity index (χ1) is 12.2. The van der Waals surface area contributed by atoms with Crippen molar-refractivity contribution in [2.24, 2.45) is 5.73 Å². The lowest BCUT2D eigenvalue weighted by Crippen LogP contribution is -2.27. The lowest BCUT2D eigenvalue weighted by atomic mass is 10.1. The van der Waals surface area contributed by atoms with Crippen LogP contribution >= 0.6 is 12.4 Å². The molecule has 8 nitrogen and oxygen atoms in total. The molecular formula is C18H26ClNO7. The highest BCUT2D eigenvalue weighted by Crippen LogP contribution is 2.29. The van der Waals surface area contributed by atoms with Gasteiger partial charge in [-0.3, -0.25) is 4.79 Å². The van der Waals surface area contributed by atoms with Gasteiger partial charge in [-0.25, -0.2) is 9.59 Å². The maximum Gasteiger partial charge on any atom is 0.344 e. The number of halogens is 1. The summed E-state index contributed by atoms with van der Waals surface area (Å²) in [5.41, 5.74) is 5.02. The smallest absolute Gasteiger partial charge is 0.344 e. The molecule has 0 unspecified atom stereocenters. The monoisotopic (exact) mass is 403 g/mol. The minimum atomic E-state index is -0.638. The van der Waals surface area contributed by atoms with Crippen molar-refractivity contribution in [3.8, 4) is 11.5 Å². The molecule has 2 N–H and O–H groups in total. The first-order valence-electron chi connectivity index (χ1n) is 8.16. The molecule has 0 bridgehead atoms. The molecule has 0 saturated carbocycles. The maximum absolute atomic E-state index is 11.8. The van der Waals surface area contributed by atoms with Crippen molar-refractivity contribution in [2.75, 3.05) is 26.4 Å². The number of hydrogen-bond acceptors (Lipinski definition) is 8. The van der Waals surface area contributed by atoms with Crippen LogP contribution in [0.4, 0.5) is 0 Å². The summed E-state index contributed by atoms with van der Waals surface area (Å²) < 4.78 is 20.7. The first kappa shape index (κ1) is 24.7. The van der Waals surface area contributed by atoms with E-state index in [1.165, 1.54) is 18.2 Å². The van der Waals surface area contributed by atoms with Crippen molar-refractivity contribution in [3.05, 3.63) is 23.8 Å². The number of carbonyl (C=O) groups excluding carboxylic acids is 3. The van der Waals surface area contributed by atoms with E-state index in [1.54, 1.807) is 27.7 Å². The van der Waals surface area contributed by atoms with Crippen molar-refractivity contribution in [1.29, 1.82) is 0 Å². The Hall–Kier alpha value is -2.32. The molecule has 0 atom stereocenters. The van der Waals surface area contributed by atoms with Crippen LogP contribution in [0, 0.1) is 0 Å². The Morgan fingerprint density at radius 2 is 1.59 bits per heavy atom. The number of ether oxygens (including phenoxy) is 4. The largest absolute Gasteiger partial charge is 0.478 e. The standard InChI is InChI=1S/C18H25NO7.ClH/c1-5-23-16(21)10-25-15-8-12(13(20)9-19)6-7-14(15)24-11-17(22)26-18(2,3)4;/h6-8H,5,9-11,19H2,1-4H3;1H. The van der Waals surface area contributed by atoms with E-state index in [0.29, 0.717) is 5.56 Å². The molecule has 0 heterocycles. The van der Waals surface area contributed by atoms with Gasteiger partial charge in [0.1, 0.15) is 5.60 Å². The Balaban J connectivity index is 0.00000676. The van der Waals surface area contributed by atoms with Gasteiger partial charge in [0.15, 0.2) is 30.5 Å². The fraction of sp³-hybridized carbons (Fsp3) is 0.500. The summed E-state index contributed by atoms with van der Waals surface area (Å²) in [6.07, 6.45) is 0. The van der Waals surface area contributed by atoms with E-state index >= 15 is 0 Å². The van der Waals surface area contributed by atoms with Gasteiger partial charge in [0, 0.05) is 5.56 Å². The van der Waals surface area contributed by atoms with Crippen LogP contribution in [0.15, 0.2) is 18.2 Å². The third-order valence-electron chi connectivity index (χ3n) is 2.87. The van der Waals surface area contributed by atoms with E-state index < -0.39 is 17.5 Å². The number of Topliss-reactive ketones (excluding diaryl/α,β-unsaturated/α-hetero) is 1. The zero-order valence-corrected chi connectivity index (χ0v) is 16.7. The second kappa shape index (κ2) is 11.4. The number of nitrogens with two attached hydrogens (primary N) is 1. The van der Waals surface area contributed by atoms with E-state index in [2.05, 4.69) is 0 Å². The Bertz CT molecular complexity index is 656. The molecule has 27 heavy (non-hydrogen) atoms. The van der Waals surface area contributed by atoms with Gasteiger partial charge >= 0.3 is 11.9 Å². The van der Waals surface area contributed by atoms with Crippen molar-refractivity contribution >= 4 is 30.1 Å². The van der Waals surface area contributed by atoms with Crippen LogP contribution in [0.2, 0.25) is 0 Å². The topological polar surface area (TPSA) is 114 Å². The molecule has 0 radical (unpaired) electrons. The van der Waals surface area contributed by atoms with Crippen LogP contribution < -0.4 is 15.2 Å². The van der Waals surface area contributed by atoms with E-state index in [4.69, 9.17) is 24.7 Å². The highest BCUT2D eigenvalue weighted by Gasteiger charge is 2.18. The van der Waals surface area contributed by atoms with Crippen LogP contribution in [-0.4, -0.2) is 49.7 Å². The summed E-state index contributed by atoms with van der Waals surface area (Å²) in [4.78, 5) is 35.0. The van der Waals surface area contributed by atoms with Gasteiger partial charge in [0.2, 0.25) is 0 Å². The second-order valence-corrected chi connectivity index (χ2v) is 6.26. The number of ketones is 1. The van der Waals surface area contributed by atoms with Gasteiger partial charge in [-0.1, -0.05) is 0 Å². The van der Waals surface area contributed by atoms with Crippen LogP contribution in [-0.2, 0) is 19.1 Å². The van der Waals surface area contributed by atoms with Crippen LogP contribution in [0.25, 0.3) is 0 Å². The van der Waals surface area contributed by atoms with Gasteiger partial charge < -0.3 is 24.7 Å². The maximum atomic E-state index is 11.8. The van der Waals surface area contributed by atoms with Crippen molar-refractivity contribution < 1.29 is 33.3 Å². The number of hydrogen-bond donors (Lipinski definition) is 1. The lowest BCUT2D eigenvalue weighted by Gasteiger charge is -2.20. The average Bonchev–Trinajstić information content (AvgIpc) is 2.56. The first-order valence-corrected chi connectivity index (χ1v) is 8.16. The minimum Gasteiger partial charge on any atom is -0.478 e. The summed E-state index contributed by atoms with van der Waals surface area (Å²) in [5.74, 6) is -1.11. The number of rotatable bonds is 9. The Morgan fingerprint density at radius 3 is 2.15 bits per heavy atom. The fourth-order valence-corrected chi connectivity index (χ4v) is 1.88. The minimum absolute atomic E-state index is 0. The predicted molar refractivity (Wildman–Crippen MR) is 101 cm³/mol. The summed E-state index contributed by atoms with van der Waals surface area (Å²) in [7, 11) is 0. The summed E-state index contributed by atoms with van der Waals surface area (Å²) in [6, 6.07) is 4.36. The molecule has 0 spiro atoms. The van der Waals surface area contributed by atoms with E-state index in [0.717, 1.165) is 0 Å². The molecule has 152 valence electrons. The normalized spacial score (nSPS) is 10.4. The zero-order valence-electron chi connectivity index (χ0n) is 15.9. The van der Waals surface area contributed by atoms with Crippen LogP contribution in [0.3, 0.4) is 0 Å². The van der Waals surface area contributed by atoms with Crippen LogP contribution in [0.5, 0.6) is 11.5 Å². The molecule has 0 fully saturated rings. The molecule has 0 amide bonds. The molecular weight excluding hydrogens is 378 g/mol. The molecule has 1 aromatic carbocycles. The SMILES string of the molecule is CCOC(=O)COc1cc(C(=O)CN)ccc1OCC(=O)OC(C)(C)C.Cl. The average molecular weight is 404 g/mol. The molecule has 0 aliphatic heterocycles. The number of carbonyl (C=O) groups is 3. The van der Waals surface area contributed by atoms with E-state index in [-0.39, 0.29) is 56.1 Å².